The molecule has 4 heteroatoms. The van der Waals surface area contributed by atoms with Gasteiger partial charge in [0, 0.05) is 6.54 Å². The Morgan fingerprint density at radius 3 is 2.53 bits per heavy atom. The summed E-state index contributed by atoms with van der Waals surface area (Å²) in [5, 5.41) is 2.70. The summed E-state index contributed by atoms with van der Waals surface area (Å²) in [6.45, 7) is 3.96. The van der Waals surface area contributed by atoms with Crippen molar-refractivity contribution in [1.82, 2.24) is 5.32 Å². The average Bonchev–Trinajstić information content (AvgIpc) is 2.36. The smallest absolute Gasteiger partial charge is 0.318 e. The molecule has 0 aliphatic rings. The molecule has 1 N–H and O–H groups in total. The molecule has 0 fully saturated rings. The summed E-state index contributed by atoms with van der Waals surface area (Å²) in [4.78, 5) is 22.9. The Kier molecular flexibility index (Phi) is 5.20. The van der Waals surface area contributed by atoms with Crippen LogP contribution in [0.4, 0.5) is 0 Å². The number of hydrogen-bond acceptors (Lipinski definition) is 3. The summed E-state index contributed by atoms with van der Waals surface area (Å²) in [7, 11) is 0. The molecule has 0 aliphatic heterocycles. The summed E-state index contributed by atoms with van der Waals surface area (Å²) in [5.41, 5.74) is 0.997. The molecule has 1 aromatic carbocycles. The first-order valence-corrected chi connectivity index (χ1v) is 5.63. The second-order valence-corrected chi connectivity index (χ2v) is 3.68. The van der Waals surface area contributed by atoms with Gasteiger partial charge < -0.3 is 10.1 Å². The lowest BCUT2D eigenvalue weighted by Crippen LogP contribution is -2.34. The molecule has 1 aromatic rings. The summed E-state index contributed by atoms with van der Waals surface area (Å²) in [6.07, 6.45) is 0. The Labute approximate surface area is 101 Å². The van der Waals surface area contributed by atoms with Crippen molar-refractivity contribution in [3.05, 3.63) is 35.9 Å². The predicted molar refractivity (Wildman–Crippen MR) is 64.1 cm³/mol. The van der Waals surface area contributed by atoms with Crippen LogP contribution < -0.4 is 5.32 Å². The van der Waals surface area contributed by atoms with Crippen LogP contribution in [0, 0.1) is 5.92 Å². The summed E-state index contributed by atoms with van der Waals surface area (Å²) < 4.78 is 4.78. The number of carbonyl (C=O) groups excluding carboxylic acids is 2. The third-order valence-electron chi connectivity index (χ3n) is 2.34. The molecular weight excluding hydrogens is 218 g/mol. The number of benzene rings is 1. The van der Waals surface area contributed by atoms with Gasteiger partial charge in [0.2, 0.25) is 5.91 Å². The van der Waals surface area contributed by atoms with Crippen LogP contribution in [0.25, 0.3) is 0 Å². The van der Waals surface area contributed by atoms with Gasteiger partial charge >= 0.3 is 5.97 Å². The van der Waals surface area contributed by atoms with Gasteiger partial charge in [-0.1, -0.05) is 30.3 Å². The minimum Gasteiger partial charge on any atom is -0.465 e. The predicted octanol–water partition coefficient (Wildman–Crippen LogP) is 1.50. The number of esters is 1. The Morgan fingerprint density at radius 2 is 1.94 bits per heavy atom. The van der Waals surface area contributed by atoms with E-state index >= 15 is 0 Å². The van der Waals surface area contributed by atoms with Gasteiger partial charge in [-0.2, -0.15) is 0 Å². The van der Waals surface area contributed by atoms with Crippen molar-refractivity contribution in [2.75, 3.05) is 6.61 Å². The Morgan fingerprint density at radius 1 is 1.29 bits per heavy atom. The van der Waals surface area contributed by atoms with Crippen LogP contribution in [0.3, 0.4) is 0 Å². The molecule has 0 saturated carbocycles. The standard InChI is InChI=1S/C13H17NO3/c1-3-17-13(16)10(2)12(15)14-9-11-7-5-4-6-8-11/h4-8,10H,3,9H2,1-2H3,(H,14,15)/t10-/m0/s1. The Bertz CT molecular complexity index is 376. The average molecular weight is 235 g/mol. The third kappa shape index (κ3) is 4.26. The fourth-order valence-corrected chi connectivity index (χ4v) is 1.31. The van der Waals surface area contributed by atoms with Crippen LogP contribution in [0.5, 0.6) is 0 Å². The molecule has 0 heterocycles. The molecule has 1 amide bonds. The first-order valence-electron chi connectivity index (χ1n) is 5.63. The molecule has 1 atom stereocenters. The van der Waals surface area contributed by atoms with E-state index in [1.807, 2.05) is 30.3 Å². The van der Waals surface area contributed by atoms with Crippen molar-refractivity contribution >= 4 is 11.9 Å². The summed E-state index contributed by atoms with van der Waals surface area (Å²) >= 11 is 0. The quantitative estimate of drug-likeness (QED) is 0.621. The second kappa shape index (κ2) is 6.68. The molecule has 0 bridgehead atoms. The van der Waals surface area contributed by atoms with Crippen LogP contribution in [0.1, 0.15) is 19.4 Å². The summed E-state index contributed by atoms with van der Waals surface area (Å²) in [5.74, 6) is -1.57. The number of carbonyl (C=O) groups is 2. The van der Waals surface area contributed by atoms with E-state index in [1.165, 1.54) is 0 Å². The van der Waals surface area contributed by atoms with Gasteiger partial charge in [-0.25, -0.2) is 0 Å². The molecule has 1 rings (SSSR count). The van der Waals surface area contributed by atoms with Gasteiger partial charge in [-0.05, 0) is 19.4 Å². The molecule has 0 aliphatic carbocycles. The lowest BCUT2D eigenvalue weighted by atomic mass is 10.1. The van der Waals surface area contributed by atoms with E-state index in [9.17, 15) is 9.59 Å². The van der Waals surface area contributed by atoms with Crippen molar-refractivity contribution in [3.63, 3.8) is 0 Å². The topological polar surface area (TPSA) is 55.4 Å². The van der Waals surface area contributed by atoms with E-state index in [4.69, 9.17) is 4.74 Å². The van der Waals surface area contributed by atoms with E-state index in [2.05, 4.69) is 5.32 Å². The van der Waals surface area contributed by atoms with E-state index < -0.39 is 11.9 Å². The molecule has 0 aromatic heterocycles. The normalized spacial score (nSPS) is 11.6. The monoisotopic (exact) mass is 235 g/mol. The molecule has 0 saturated heterocycles. The van der Waals surface area contributed by atoms with Crippen LogP contribution in [-0.2, 0) is 20.9 Å². The van der Waals surface area contributed by atoms with E-state index in [1.54, 1.807) is 13.8 Å². The molecule has 4 nitrogen and oxygen atoms in total. The Hall–Kier alpha value is -1.84. The third-order valence-corrected chi connectivity index (χ3v) is 2.34. The number of nitrogens with one attached hydrogen (secondary N) is 1. The second-order valence-electron chi connectivity index (χ2n) is 3.68. The molecule has 0 radical (unpaired) electrons. The van der Waals surface area contributed by atoms with Gasteiger partial charge in [0.15, 0.2) is 0 Å². The minimum atomic E-state index is -0.765. The number of rotatable bonds is 5. The highest BCUT2D eigenvalue weighted by Crippen LogP contribution is 2.01. The van der Waals surface area contributed by atoms with Gasteiger partial charge in [0.1, 0.15) is 5.92 Å². The highest BCUT2D eigenvalue weighted by molar-refractivity contribution is 5.97. The number of amides is 1. The SMILES string of the molecule is CCOC(=O)[C@@H](C)C(=O)NCc1ccccc1. The first-order chi connectivity index (χ1) is 8.15. The highest BCUT2D eigenvalue weighted by atomic mass is 16.5. The highest BCUT2D eigenvalue weighted by Gasteiger charge is 2.21. The van der Waals surface area contributed by atoms with Crippen molar-refractivity contribution in [3.8, 4) is 0 Å². The van der Waals surface area contributed by atoms with Crippen molar-refractivity contribution in [2.24, 2.45) is 5.92 Å². The maximum atomic E-state index is 11.6. The lowest BCUT2D eigenvalue weighted by Gasteiger charge is -2.11. The zero-order valence-corrected chi connectivity index (χ0v) is 10.1. The van der Waals surface area contributed by atoms with Crippen molar-refractivity contribution < 1.29 is 14.3 Å². The molecule has 0 spiro atoms. The maximum absolute atomic E-state index is 11.6. The van der Waals surface area contributed by atoms with Gasteiger partial charge in [0.05, 0.1) is 6.61 Å². The van der Waals surface area contributed by atoms with E-state index in [0.717, 1.165) is 5.56 Å². The lowest BCUT2D eigenvalue weighted by molar-refractivity contribution is -0.151. The minimum absolute atomic E-state index is 0.287. The fourth-order valence-electron chi connectivity index (χ4n) is 1.31. The molecular formula is C13H17NO3. The zero-order chi connectivity index (χ0) is 12.7. The van der Waals surface area contributed by atoms with Crippen LogP contribution >= 0.6 is 0 Å². The molecule has 0 unspecified atom stereocenters. The number of hydrogen-bond donors (Lipinski definition) is 1. The number of ether oxygens (including phenoxy) is 1. The largest absolute Gasteiger partial charge is 0.465 e. The van der Waals surface area contributed by atoms with Gasteiger partial charge in [0.25, 0.3) is 0 Å². The van der Waals surface area contributed by atoms with Crippen LogP contribution in [-0.4, -0.2) is 18.5 Å². The molecule has 92 valence electrons. The maximum Gasteiger partial charge on any atom is 0.318 e. The van der Waals surface area contributed by atoms with E-state index in [-0.39, 0.29) is 12.5 Å². The zero-order valence-electron chi connectivity index (χ0n) is 10.1. The van der Waals surface area contributed by atoms with Gasteiger partial charge in [-0.3, -0.25) is 9.59 Å². The summed E-state index contributed by atoms with van der Waals surface area (Å²) in [6, 6.07) is 9.53. The van der Waals surface area contributed by atoms with Crippen LogP contribution in [0.2, 0.25) is 0 Å². The van der Waals surface area contributed by atoms with Gasteiger partial charge in [-0.15, -0.1) is 0 Å². The molecule has 17 heavy (non-hydrogen) atoms. The van der Waals surface area contributed by atoms with E-state index in [0.29, 0.717) is 6.54 Å². The van der Waals surface area contributed by atoms with Crippen molar-refractivity contribution in [1.29, 1.82) is 0 Å². The Balaban J connectivity index is 2.42. The fraction of sp³-hybridized carbons (Fsp3) is 0.385. The van der Waals surface area contributed by atoms with Crippen LogP contribution in [0.15, 0.2) is 30.3 Å². The van der Waals surface area contributed by atoms with Crippen molar-refractivity contribution in [2.45, 2.75) is 20.4 Å². The first kappa shape index (κ1) is 13.2.